The molecule has 0 aromatic heterocycles. The van der Waals surface area contributed by atoms with E-state index >= 15 is 0 Å². The van der Waals surface area contributed by atoms with Crippen LogP contribution in [0.15, 0.2) is 27.7 Å². The van der Waals surface area contributed by atoms with Crippen molar-refractivity contribution in [3.63, 3.8) is 0 Å². The minimum Gasteiger partial charge on any atom is -0.496 e. The molecule has 1 aliphatic rings. The molecule has 2 rings (SSSR count). The molecule has 0 saturated carbocycles. The molecule has 6 nitrogen and oxygen atoms in total. The van der Waals surface area contributed by atoms with Crippen LogP contribution in [0.1, 0.15) is 32.3 Å². The highest BCUT2D eigenvalue weighted by atomic mass is 127. The number of nitrogens with zero attached hydrogens (tertiary/aromatic N) is 2. The molecule has 1 saturated heterocycles. The summed E-state index contributed by atoms with van der Waals surface area (Å²) in [6.07, 6.45) is 1.50. The number of guanidine groups is 1. The van der Waals surface area contributed by atoms with Gasteiger partial charge in [-0.05, 0) is 31.5 Å². The number of likely N-dealkylation sites (tertiary alicyclic amines) is 1. The Labute approximate surface area is 181 Å². The number of carbonyl (C=O) groups is 1. The Morgan fingerprint density at radius 1 is 1.42 bits per heavy atom. The Hall–Kier alpha value is -1.03. The topological polar surface area (TPSA) is 66.0 Å². The summed E-state index contributed by atoms with van der Waals surface area (Å²) in [5.41, 5.74) is 1.02. The number of hydrogen-bond acceptors (Lipinski definition) is 3. The molecule has 1 atom stereocenters. The number of aliphatic imine (C=N–C) groups is 1. The zero-order valence-electron chi connectivity index (χ0n) is 15.5. The first-order valence-electron chi connectivity index (χ1n) is 8.72. The number of benzene rings is 1. The first-order chi connectivity index (χ1) is 12.1. The Balaban J connectivity index is 0.00000338. The van der Waals surface area contributed by atoms with Crippen molar-refractivity contribution >= 4 is 51.8 Å². The lowest BCUT2D eigenvalue weighted by molar-refractivity contribution is -0.129. The number of methoxy groups -OCH3 is 1. The van der Waals surface area contributed by atoms with Gasteiger partial charge in [0.2, 0.25) is 5.91 Å². The van der Waals surface area contributed by atoms with Crippen LogP contribution in [0.4, 0.5) is 0 Å². The second kappa shape index (κ2) is 11.6. The number of carbonyl (C=O) groups excluding carboxylic acids is 1. The monoisotopic (exact) mass is 538 g/mol. The number of rotatable bonds is 6. The molecule has 8 heteroatoms. The maximum Gasteiger partial charge on any atom is 0.222 e. The van der Waals surface area contributed by atoms with Gasteiger partial charge in [-0.2, -0.15) is 0 Å². The number of nitrogens with one attached hydrogen (secondary N) is 2. The maximum atomic E-state index is 11.8. The summed E-state index contributed by atoms with van der Waals surface area (Å²) in [6, 6.07) is 6.13. The Bertz CT molecular complexity index is 627. The van der Waals surface area contributed by atoms with E-state index in [0.717, 1.165) is 47.8 Å². The van der Waals surface area contributed by atoms with E-state index in [2.05, 4.69) is 31.6 Å². The van der Waals surface area contributed by atoms with Gasteiger partial charge in [0, 0.05) is 42.1 Å². The van der Waals surface area contributed by atoms with Crippen LogP contribution >= 0.6 is 39.9 Å². The fourth-order valence-corrected chi connectivity index (χ4v) is 3.29. The minimum atomic E-state index is 0. The van der Waals surface area contributed by atoms with Gasteiger partial charge in [-0.3, -0.25) is 4.79 Å². The molecule has 1 unspecified atom stereocenters. The van der Waals surface area contributed by atoms with Crippen LogP contribution < -0.4 is 15.4 Å². The molecule has 26 heavy (non-hydrogen) atoms. The van der Waals surface area contributed by atoms with Crippen molar-refractivity contribution < 1.29 is 9.53 Å². The van der Waals surface area contributed by atoms with E-state index in [-0.39, 0.29) is 35.9 Å². The van der Waals surface area contributed by atoms with E-state index < -0.39 is 0 Å². The normalized spacial score (nSPS) is 16.8. The first-order valence-corrected chi connectivity index (χ1v) is 9.51. The first kappa shape index (κ1) is 23.0. The summed E-state index contributed by atoms with van der Waals surface area (Å²) in [7, 11) is 1.66. The molecule has 1 aromatic rings. The molecule has 146 valence electrons. The predicted octanol–water partition coefficient (Wildman–Crippen LogP) is 3.14. The van der Waals surface area contributed by atoms with Gasteiger partial charge in [0.05, 0.1) is 13.7 Å². The van der Waals surface area contributed by atoms with Crippen molar-refractivity contribution in [3.8, 4) is 5.75 Å². The van der Waals surface area contributed by atoms with Crippen molar-refractivity contribution in [2.24, 2.45) is 4.99 Å². The second-order valence-electron chi connectivity index (χ2n) is 5.97. The largest absolute Gasteiger partial charge is 0.496 e. The van der Waals surface area contributed by atoms with E-state index in [4.69, 9.17) is 4.74 Å². The number of amides is 1. The Kier molecular flexibility index (Phi) is 10.3. The van der Waals surface area contributed by atoms with E-state index in [0.29, 0.717) is 13.0 Å². The van der Waals surface area contributed by atoms with Gasteiger partial charge in [0.15, 0.2) is 5.96 Å². The number of ether oxygens (including phenoxy) is 1. The standard InChI is InChI=1S/C18H27BrN4O2.HI/c1-4-17(24)23-9-8-15(12-23)22-18(20-5-2)21-11-13-10-14(19)6-7-16(13)25-3;/h6-7,10,15H,4-5,8-9,11-12H2,1-3H3,(H2,20,21,22);1H. The van der Waals surface area contributed by atoms with Gasteiger partial charge < -0.3 is 20.3 Å². The summed E-state index contributed by atoms with van der Waals surface area (Å²) in [6.45, 7) is 6.78. The smallest absolute Gasteiger partial charge is 0.222 e. The van der Waals surface area contributed by atoms with E-state index in [1.54, 1.807) is 7.11 Å². The van der Waals surface area contributed by atoms with Crippen molar-refractivity contribution in [2.75, 3.05) is 26.7 Å². The third kappa shape index (κ3) is 6.61. The quantitative estimate of drug-likeness (QED) is 0.332. The van der Waals surface area contributed by atoms with Crippen molar-refractivity contribution in [3.05, 3.63) is 28.2 Å². The molecular formula is C18H28BrIN4O2. The van der Waals surface area contributed by atoms with Crippen LogP contribution in [0.5, 0.6) is 5.75 Å². The van der Waals surface area contributed by atoms with E-state index in [1.807, 2.05) is 36.9 Å². The molecule has 2 N–H and O–H groups in total. The average Bonchev–Trinajstić information content (AvgIpc) is 3.08. The van der Waals surface area contributed by atoms with Crippen LogP contribution in [0.25, 0.3) is 0 Å². The number of halogens is 2. The van der Waals surface area contributed by atoms with Crippen LogP contribution in [0.2, 0.25) is 0 Å². The SMILES string of the molecule is CCNC(=NCc1cc(Br)ccc1OC)NC1CCN(C(=O)CC)C1.I. The lowest BCUT2D eigenvalue weighted by atomic mass is 10.2. The Morgan fingerprint density at radius 2 is 2.19 bits per heavy atom. The highest BCUT2D eigenvalue weighted by Gasteiger charge is 2.25. The van der Waals surface area contributed by atoms with Gasteiger partial charge in [-0.25, -0.2) is 4.99 Å². The van der Waals surface area contributed by atoms with Gasteiger partial charge in [-0.1, -0.05) is 22.9 Å². The highest BCUT2D eigenvalue weighted by Crippen LogP contribution is 2.23. The molecular weight excluding hydrogens is 511 g/mol. The second-order valence-corrected chi connectivity index (χ2v) is 6.89. The summed E-state index contributed by atoms with van der Waals surface area (Å²) in [5.74, 6) is 1.80. The van der Waals surface area contributed by atoms with E-state index in [1.165, 1.54) is 0 Å². The van der Waals surface area contributed by atoms with Crippen LogP contribution in [0.3, 0.4) is 0 Å². The fourth-order valence-electron chi connectivity index (χ4n) is 2.88. The van der Waals surface area contributed by atoms with E-state index in [9.17, 15) is 4.79 Å². The summed E-state index contributed by atoms with van der Waals surface area (Å²) in [5, 5.41) is 6.71. The van der Waals surface area contributed by atoms with Crippen molar-refractivity contribution in [1.82, 2.24) is 15.5 Å². The third-order valence-corrected chi connectivity index (χ3v) is 4.67. The molecule has 1 amide bonds. The summed E-state index contributed by atoms with van der Waals surface area (Å²) >= 11 is 3.49. The van der Waals surface area contributed by atoms with Crippen molar-refractivity contribution in [1.29, 1.82) is 0 Å². The summed E-state index contributed by atoms with van der Waals surface area (Å²) < 4.78 is 6.40. The van der Waals surface area contributed by atoms with Crippen LogP contribution in [-0.2, 0) is 11.3 Å². The lowest BCUT2D eigenvalue weighted by Gasteiger charge is -2.19. The molecule has 1 fully saturated rings. The zero-order chi connectivity index (χ0) is 18.2. The minimum absolute atomic E-state index is 0. The fraction of sp³-hybridized carbons (Fsp3) is 0.556. The summed E-state index contributed by atoms with van der Waals surface area (Å²) in [4.78, 5) is 18.4. The molecule has 1 aromatic carbocycles. The maximum absolute atomic E-state index is 11.8. The highest BCUT2D eigenvalue weighted by molar-refractivity contribution is 14.0. The molecule has 0 radical (unpaired) electrons. The Morgan fingerprint density at radius 3 is 2.85 bits per heavy atom. The lowest BCUT2D eigenvalue weighted by Crippen LogP contribution is -2.45. The third-order valence-electron chi connectivity index (χ3n) is 4.18. The molecule has 0 spiro atoms. The molecule has 0 bridgehead atoms. The molecule has 0 aliphatic carbocycles. The van der Waals surface area contributed by atoms with Gasteiger partial charge in [-0.15, -0.1) is 24.0 Å². The predicted molar refractivity (Wildman–Crippen MR) is 119 cm³/mol. The van der Waals surface area contributed by atoms with Crippen LogP contribution in [-0.4, -0.2) is 49.6 Å². The van der Waals surface area contributed by atoms with Gasteiger partial charge in [0.1, 0.15) is 5.75 Å². The van der Waals surface area contributed by atoms with Crippen molar-refractivity contribution in [2.45, 2.75) is 39.3 Å². The zero-order valence-corrected chi connectivity index (χ0v) is 19.5. The number of hydrogen-bond donors (Lipinski definition) is 2. The van der Waals surface area contributed by atoms with Gasteiger partial charge >= 0.3 is 0 Å². The molecule has 1 heterocycles. The van der Waals surface area contributed by atoms with Gasteiger partial charge in [0.25, 0.3) is 0 Å². The molecule has 1 aliphatic heterocycles. The average molecular weight is 539 g/mol. The van der Waals surface area contributed by atoms with Crippen LogP contribution in [0, 0.1) is 0 Å².